The lowest BCUT2D eigenvalue weighted by Crippen LogP contribution is -2.40. The van der Waals surface area contributed by atoms with E-state index in [0.717, 1.165) is 32.2 Å². The summed E-state index contributed by atoms with van der Waals surface area (Å²) in [6.45, 7) is 8.36. The predicted octanol–water partition coefficient (Wildman–Crippen LogP) is 2.57. The Morgan fingerprint density at radius 3 is 2.60 bits per heavy atom. The average Bonchev–Trinajstić information content (AvgIpc) is 2.40. The van der Waals surface area contributed by atoms with E-state index in [1.165, 1.54) is 18.4 Å². The first kappa shape index (κ1) is 15.5. The molecule has 2 N–H and O–H groups in total. The van der Waals surface area contributed by atoms with E-state index in [0.29, 0.717) is 12.1 Å². The van der Waals surface area contributed by atoms with Gasteiger partial charge in [0.05, 0.1) is 12.7 Å². The fourth-order valence-electron chi connectivity index (χ4n) is 2.52. The van der Waals surface area contributed by atoms with Crippen molar-refractivity contribution < 1.29 is 4.74 Å². The first-order valence-corrected chi connectivity index (χ1v) is 7.83. The maximum absolute atomic E-state index is 5.91. The van der Waals surface area contributed by atoms with E-state index in [-0.39, 0.29) is 0 Å². The Balaban J connectivity index is 1.46. The Kier molecular flexibility index (Phi) is 6.51. The maximum atomic E-state index is 5.91. The van der Waals surface area contributed by atoms with Crippen molar-refractivity contribution in [1.29, 1.82) is 0 Å². The van der Waals surface area contributed by atoms with Crippen LogP contribution in [-0.2, 0) is 11.3 Å². The fourth-order valence-corrected chi connectivity index (χ4v) is 2.52. The summed E-state index contributed by atoms with van der Waals surface area (Å²) in [7, 11) is 0. The van der Waals surface area contributed by atoms with Gasteiger partial charge in [0, 0.05) is 19.1 Å². The van der Waals surface area contributed by atoms with Crippen LogP contribution in [0.4, 0.5) is 0 Å². The molecule has 0 amide bonds. The van der Waals surface area contributed by atoms with E-state index in [9.17, 15) is 0 Å². The standard InChI is InChI=1S/C17H28N2O/c1-14(2)19-9-8-18-12-16-10-17(11-16)20-13-15-6-4-3-5-7-15/h3-7,14,16-19H,8-13H2,1-2H3. The van der Waals surface area contributed by atoms with Crippen LogP contribution in [0.25, 0.3) is 0 Å². The SMILES string of the molecule is CC(C)NCCNCC1CC(OCc2ccccc2)C1. The predicted molar refractivity (Wildman–Crippen MR) is 83.8 cm³/mol. The second-order valence-electron chi connectivity index (χ2n) is 6.07. The summed E-state index contributed by atoms with van der Waals surface area (Å²) < 4.78 is 5.91. The second-order valence-corrected chi connectivity index (χ2v) is 6.07. The van der Waals surface area contributed by atoms with Gasteiger partial charge in [0.2, 0.25) is 0 Å². The van der Waals surface area contributed by atoms with Crippen LogP contribution in [0, 0.1) is 5.92 Å². The molecule has 1 aromatic rings. The minimum atomic E-state index is 0.468. The first-order valence-electron chi connectivity index (χ1n) is 7.83. The summed E-state index contributed by atoms with van der Waals surface area (Å²) in [5.41, 5.74) is 1.27. The summed E-state index contributed by atoms with van der Waals surface area (Å²) in [6, 6.07) is 11.0. The minimum absolute atomic E-state index is 0.468. The van der Waals surface area contributed by atoms with Crippen molar-refractivity contribution in [2.24, 2.45) is 5.92 Å². The van der Waals surface area contributed by atoms with Gasteiger partial charge in [-0.1, -0.05) is 44.2 Å². The summed E-state index contributed by atoms with van der Waals surface area (Å²) in [6.07, 6.45) is 2.88. The third kappa shape index (κ3) is 5.61. The molecule has 1 fully saturated rings. The molecule has 1 aliphatic rings. The fraction of sp³-hybridized carbons (Fsp3) is 0.647. The molecule has 0 saturated heterocycles. The van der Waals surface area contributed by atoms with Crippen LogP contribution in [0.15, 0.2) is 30.3 Å². The number of ether oxygens (including phenoxy) is 1. The van der Waals surface area contributed by atoms with Gasteiger partial charge in [-0.2, -0.15) is 0 Å². The lowest BCUT2D eigenvalue weighted by Gasteiger charge is -2.35. The van der Waals surface area contributed by atoms with Gasteiger partial charge in [0.25, 0.3) is 0 Å². The molecule has 2 rings (SSSR count). The molecule has 20 heavy (non-hydrogen) atoms. The van der Waals surface area contributed by atoms with Gasteiger partial charge in [-0.25, -0.2) is 0 Å². The van der Waals surface area contributed by atoms with Gasteiger partial charge in [0.15, 0.2) is 0 Å². The van der Waals surface area contributed by atoms with Gasteiger partial charge >= 0.3 is 0 Å². The highest BCUT2D eigenvalue weighted by atomic mass is 16.5. The topological polar surface area (TPSA) is 33.3 Å². The van der Waals surface area contributed by atoms with E-state index in [1.807, 2.05) is 6.07 Å². The van der Waals surface area contributed by atoms with Crippen molar-refractivity contribution >= 4 is 0 Å². The molecule has 0 bridgehead atoms. The lowest BCUT2D eigenvalue weighted by molar-refractivity contribution is -0.0394. The quantitative estimate of drug-likeness (QED) is 0.680. The Hall–Kier alpha value is -0.900. The van der Waals surface area contributed by atoms with E-state index < -0.39 is 0 Å². The van der Waals surface area contributed by atoms with Crippen LogP contribution in [0.3, 0.4) is 0 Å². The number of rotatable bonds is 9. The van der Waals surface area contributed by atoms with E-state index >= 15 is 0 Å². The molecule has 0 unspecified atom stereocenters. The van der Waals surface area contributed by atoms with Crippen LogP contribution in [-0.4, -0.2) is 31.8 Å². The Morgan fingerprint density at radius 1 is 1.15 bits per heavy atom. The highest BCUT2D eigenvalue weighted by molar-refractivity contribution is 5.13. The monoisotopic (exact) mass is 276 g/mol. The Morgan fingerprint density at radius 2 is 1.90 bits per heavy atom. The van der Waals surface area contributed by atoms with Gasteiger partial charge in [-0.3, -0.25) is 0 Å². The largest absolute Gasteiger partial charge is 0.374 e. The molecule has 112 valence electrons. The van der Waals surface area contributed by atoms with Gasteiger partial charge in [-0.15, -0.1) is 0 Å². The van der Waals surface area contributed by atoms with Crippen LogP contribution in [0.5, 0.6) is 0 Å². The molecule has 1 saturated carbocycles. The molecule has 3 nitrogen and oxygen atoms in total. The highest BCUT2D eigenvalue weighted by Gasteiger charge is 2.29. The third-order valence-corrected chi connectivity index (χ3v) is 3.81. The van der Waals surface area contributed by atoms with Crippen LogP contribution >= 0.6 is 0 Å². The number of benzene rings is 1. The van der Waals surface area contributed by atoms with E-state index in [1.54, 1.807) is 0 Å². The van der Waals surface area contributed by atoms with Crippen LogP contribution in [0.2, 0.25) is 0 Å². The number of hydrogen-bond donors (Lipinski definition) is 2. The molecule has 3 heteroatoms. The van der Waals surface area contributed by atoms with Crippen molar-refractivity contribution in [2.45, 2.75) is 45.4 Å². The molecule has 0 radical (unpaired) electrons. The van der Waals surface area contributed by atoms with Crippen molar-refractivity contribution in [3.05, 3.63) is 35.9 Å². The highest BCUT2D eigenvalue weighted by Crippen LogP contribution is 2.30. The summed E-state index contributed by atoms with van der Waals surface area (Å²) >= 11 is 0. The Bertz CT molecular complexity index is 361. The molecule has 0 heterocycles. The number of nitrogens with one attached hydrogen (secondary N) is 2. The molecule has 0 atom stereocenters. The molecule has 0 aliphatic heterocycles. The van der Waals surface area contributed by atoms with Crippen molar-refractivity contribution in [3.8, 4) is 0 Å². The molecule has 1 aliphatic carbocycles. The normalized spacial score (nSPS) is 21.9. The average molecular weight is 276 g/mol. The Labute approximate surface area is 123 Å². The maximum Gasteiger partial charge on any atom is 0.0720 e. The first-order chi connectivity index (χ1) is 9.74. The molecular weight excluding hydrogens is 248 g/mol. The van der Waals surface area contributed by atoms with Crippen molar-refractivity contribution in [1.82, 2.24) is 10.6 Å². The van der Waals surface area contributed by atoms with Gasteiger partial charge < -0.3 is 15.4 Å². The van der Waals surface area contributed by atoms with Crippen molar-refractivity contribution in [3.63, 3.8) is 0 Å². The lowest BCUT2D eigenvalue weighted by atomic mass is 9.82. The second kappa shape index (κ2) is 8.40. The number of hydrogen-bond acceptors (Lipinski definition) is 3. The van der Waals surface area contributed by atoms with E-state index in [4.69, 9.17) is 4.74 Å². The van der Waals surface area contributed by atoms with Crippen molar-refractivity contribution in [2.75, 3.05) is 19.6 Å². The summed E-state index contributed by atoms with van der Waals surface area (Å²) in [4.78, 5) is 0. The van der Waals surface area contributed by atoms with Crippen LogP contribution in [0.1, 0.15) is 32.3 Å². The zero-order valence-electron chi connectivity index (χ0n) is 12.8. The third-order valence-electron chi connectivity index (χ3n) is 3.81. The zero-order valence-corrected chi connectivity index (χ0v) is 12.8. The minimum Gasteiger partial charge on any atom is -0.374 e. The molecular formula is C17H28N2O. The molecule has 0 aromatic heterocycles. The smallest absolute Gasteiger partial charge is 0.0720 e. The van der Waals surface area contributed by atoms with Gasteiger partial charge in [0.1, 0.15) is 0 Å². The summed E-state index contributed by atoms with van der Waals surface area (Å²) in [5, 5.41) is 6.93. The zero-order chi connectivity index (χ0) is 14.2. The molecule has 0 spiro atoms. The van der Waals surface area contributed by atoms with Crippen LogP contribution < -0.4 is 10.6 Å². The van der Waals surface area contributed by atoms with Gasteiger partial charge in [-0.05, 0) is 30.9 Å². The molecule has 1 aromatic carbocycles. The summed E-state index contributed by atoms with van der Waals surface area (Å²) in [5.74, 6) is 0.801. The van der Waals surface area contributed by atoms with E-state index in [2.05, 4.69) is 48.7 Å².